The van der Waals surface area contributed by atoms with Crippen molar-refractivity contribution in [1.82, 2.24) is 25.0 Å². The molecule has 186 valence electrons. The van der Waals surface area contributed by atoms with Crippen LogP contribution in [0.3, 0.4) is 0 Å². The van der Waals surface area contributed by atoms with Gasteiger partial charge in [-0.05, 0) is 56.3 Å². The number of carbonyl (C=O) groups excluding carboxylic acids is 1. The van der Waals surface area contributed by atoms with Gasteiger partial charge < -0.3 is 19.5 Å². The maximum Gasteiger partial charge on any atom is 0.278 e. The van der Waals surface area contributed by atoms with Crippen LogP contribution in [0.1, 0.15) is 27.6 Å². The first-order chi connectivity index (χ1) is 17.4. The molecule has 2 heterocycles. The van der Waals surface area contributed by atoms with Crippen molar-refractivity contribution in [2.75, 3.05) is 26.6 Å². The zero-order valence-electron chi connectivity index (χ0n) is 20.6. The molecule has 0 saturated carbocycles. The Bertz CT molecular complexity index is 1350. The molecule has 0 unspecified atom stereocenters. The fourth-order valence-corrected chi connectivity index (χ4v) is 4.46. The molecule has 11 heteroatoms. The lowest BCUT2D eigenvalue weighted by Crippen LogP contribution is -2.16. The molecule has 0 atom stereocenters. The summed E-state index contributed by atoms with van der Waals surface area (Å²) >= 11 is 1.40. The van der Waals surface area contributed by atoms with Crippen LogP contribution in [-0.4, -0.2) is 52.2 Å². The third kappa shape index (κ3) is 5.57. The van der Waals surface area contributed by atoms with Gasteiger partial charge in [-0.15, -0.1) is 5.10 Å². The summed E-state index contributed by atoms with van der Waals surface area (Å²) in [5.74, 6) is 1.71. The number of rotatable bonds is 9. The predicted molar refractivity (Wildman–Crippen MR) is 136 cm³/mol. The van der Waals surface area contributed by atoms with Crippen molar-refractivity contribution in [2.24, 2.45) is 0 Å². The smallest absolute Gasteiger partial charge is 0.278 e. The van der Waals surface area contributed by atoms with E-state index in [1.165, 1.54) is 18.9 Å². The number of aromatic nitrogens is 5. The van der Waals surface area contributed by atoms with Crippen LogP contribution in [0.25, 0.3) is 5.69 Å². The second-order valence-electron chi connectivity index (χ2n) is 7.74. The largest absolute Gasteiger partial charge is 0.497 e. The van der Waals surface area contributed by atoms with Crippen LogP contribution >= 0.6 is 11.8 Å². The average Bonchev–Trinajstić information content (AvgIpc) is 3.31. The fourth-order valence-electron chi connectivity index (χ4n) is 3.52. The minimum atomic E-state index is -0.432. The van der Waals surface area contributed by atoms with Crippen LogP contribution in [0.4, 0.5) is 5.69 Å². The van der Waals surface area contributed by atoms with Crippen LogP contribution in [0, 0.1) is 13.8 Å². The van der Waals surface area contributed by atoms with Crippen molar-refractivity contribution in [3.8, 4) is 22.9 Å². The highest BCUT2D eigenvalue weighted by Gasteiger charge is 2.23. The van der Waals surface area contributed by atoms with E-state index in [0.717, 1.165) is 17.1 Å². The second kappa shape index (κ2) is 11.1. The number of amides is 1. The minimum absolute atomic E-state index is 0.174. The molecule has 0 bridgehead atoms. The molecule has 2 aromatic carbocycles. The van der Waals surface area contributed by atoms with E-state index >= 15 is 0 Å². The first-order valence-electron chi connectivity index (χ1n) is 11.0. The molecule has 0 saturated heterocycles. The Hall–Kier alpha value is -4.12. The number of anilines is 1. The monoisotopic (exact) mass is 506 g/mol. The fraction of sp³-hybridized carbons (Fsp3) is 0.240. The van der Waals surface area contributed by atoms with Crippen LogP contribution in [0.5, 0.6) is 17.2 Å². The SMILES string of the molecule is COc1ccc(-n2nnc(C(=O)Nc3cc(OC)ccc3OC)c2CSc2nc(C)cc(C)n2)cc1. The summed E-state index contributed by atoms with van der Waals surface area (Å²) in [5, 5.41) is 12.0. The Kier molecular flexibility index (Phi) is 7.69. The average molecular weight is 507 g/mol. The number of carbonyl (C=O) groups is 1. The molecular formula is C25H26N6O4S. The third-order valence-electron chi connectivity index (χ3n) is 5.25. The van der Waals surface area contributed by atoms with Gasteiger partial charge in [-0.1, -0.05) is 17.0 Å². The molecule has 2 aromatic heterocycles. The van der Waals surface area contributed by atoms with Gasteiger partial charge in [-0.3, -0.25) is 4.79 Å². The van der Waals surface area contributed by atoms with Crippen LogP contribution in [0.15, 0.2) is 53.7 Å². The number of nitrogens with one attached hydrogen (secondary N) is 1. The van der Waals surface area contributed by atoms with Gasteiger partial charge in [0.05, 0.1) is 38.4 Å². The number of aryl methyl sites for hydroxylation is 2. The summed E-state index contributed by atoms with van der Waals surface area (Å²) < 4.78 is 17.6. The Labute approximate surface area is 213 Å². The van der Waals surface area contributed by atoms with Gasteiger partial charge in [-0.2, -0.15) is 0 Å². The highest BCUT2D eigenvalue weighted by Crippen LogP contribution is 2.30. The zero-order valence-corrected chi connectivity index (χ0v) is 21.4. The number of thioether (sulfide) groups is 1. The van der Waals surface area contributed by atoms with Crippen LogP contribution < -0.4 is 19.5 Å². The molecule has 10 nitrogen and oxygen atoms in total. The standard InChI is InChI=1S/C25H26N6O4S/c1-15-12-16(2)27-25(26-15)36-14-21-23(29-30-31(21)17-6-8-18(33-3)9-7-17)24(32)28-20-13-19(34-4)10-11-22(20)35-5/h6-13H,14H2,1-5H3,(H,28,32). The molecule has 36 heavy (non-hydrogen) atoms. The summed E-state index contributed by atoms with van der Waals surface area (Å²) in [6, 6.07) is 14.4. The Morgan fingerprint density at radius 3 is 2.22 bits per heavy atom. The van der Waals surface area contributed by atoms with Gasteiger partial charge in [0.2, 0.25) is 0 Å². The topological polar surface area (TPSA) is 113 Å². The third-order valence-corrected chi connectivity index (χ3v) is 6.11. The van der Waals surface area contributed by atoms with Crippen molar-refractivity contribution in [3.05, 3.63) is 71.3 Å². The highest BCUT2D eigenvalue weighted by atomic mass is 32.2. The summed E-state index contributed by atoms with van der Waals surface area (Å²) in [4.78, 5) is 22.4. The lowest BCUT2D eigenvalue weighted by molar-refractivity contribution is 0.102. The van der Waals surface area contributed by atoms with Gasteiger partial charge >= 0.3 is 0 Å². The van der Waals surface area contributed by atoms with Crippen molar-refractivity contribution in [3.63, 3.8) is 0 Å². The Morgan fingerprint density at radius 2 is 1.58 bits per heavy atom. The predicted octanol–water partition coefficient (Wildman–Crippen LogP) is 4.24. The van der Waals surface area contributed by atoms with Gasteiger partial charge in [0.25, 0.3) is 5.91 Å². The lowest BCUT2D eigenvalue weighted by Gasteiger charge is -2.12. The molecule has 0 fully saturated rings. The number of ether oxygens (including phenoxy) is 3. The lowest BCUT2D eigenvalue weighted by atomic mass is 10.2. The molecule has 0 spiro atoms. The number of nitrogens with zero attached hydrogens (tertiary/aromatic N) is 5. The maximum absolute atomic E-state index is 13.4. The summed E-state index contributed by atoms with van der Waals surface area (Å²) in [6.07, 6.45) is 0. The number of benzene rings is 2. The molecule has 0 aliphatic carbocycles. The van der Waals surface area contributed by atoms with E-state index in [2.05, 4.69) is 25.6 Å². The molecule has 1 amide bonds. The van der Waals surface area contributed by atoms with Crippen LogP contribution in [-0.2, 0) is 5.75 Å². The van der Waals surface area contributed by atoms with E-state index in [0.29, 0.717) is 39.5 Å². The van der Waals surface area contributed by atoms with Gasteiger partial charge in [-0.25, -0.2) is 14.6 Å². The molecule has 4 aromatic rings. The maximum atomic E-state index is 13.4. The van der Waals surface area contributed by atoms with E-state index in [9.17, 15) is 4.79 Å². The normalized spacial score (nSPS) is 10.7. The van der Waals surface area contributed by atoms with Crippen molar-refractivity contribution < 1.29 is 19.0 Å². The molecule has 4 rings (SSSR count). The molecule has 1 N–H and O–H groups in total. The van der Waals surface area contributed by atoms with Gasteiger partial charge in [0.15, 0.2) is 10.9 Å². The Balaban J connectivity index is 1.69. The molecule has 0 aliphatic heterocycles. The van der Waals surface area contributed by atoms with Gasteiger partial charge in [0.1, 0.15) is 17.2 Å². The van der Waals surface area contributed by atoms with Crippen molar-refractivity contribution in [2.45, 2.75) is 24.8 Å². The first-order valence-corrected chi connectivity index (χ1v) is 12.0. The number of methoxy groups -OCH3 is 3. The number of hydrogen-bond acceptors (Lipinski definition) is 9. The van der Waals surface area contributed by atoms with E-state index < -0.39 is 5.91 Å². The molecule has 0 radical (unpaired) electrons. The summed E-state index contributed by atoms with van der Waals surface area (Å²) in [5.41, 5.74) is 3.69. The first kappa shape index (κ1) is 25.0. The van der Waals surface area contributed by atoms with E-state index in [-0.39, 0.29) is 5.69 Å². The van der Waals surface area contributed by atoms with E-state index in [4.69, 9.17) is 14.2 Å². The quantitative estimate of drug-likeness (QED) is 0.263. The zero-order chi connectivity index (χ0) is 25.7. The summed E-state index contributed by atoms with van der Waals surface area (Å²) in [7, 11) is 4.69. The van der Waals surface area contributed by atoms with E-state index in [1.54, 1.807) is 37.1 Å². The molecule has 0 aliphatic rings. The summed E-state index contributed by atoms with van der Waals surface area (Å²) in [6.45, 7) is 3.84. The van der Waals surface area contributed by atoms with Gasteiger partial charge in [0, 0.05) is 23.2 Å². The van der Waals surface area contributed by atoms with Crippen LogP contribution in [0.2, 0.25) is 0 Å². The molecular weight excluding hydrogens is 480 g/mol. The second-order valence-corrected chi connectivity index (χ2v) is 8.68. The number of hydrogen-bond donors (Lipinski definition) is 1. The van der Waals surface area contributed by atoms with Crippen molar-refractivity contribution >= 4 is 23.4 Å². The minimum Gasteiger partial charge on any atom is -0.497 e. The van der Waals surface area contributed by atoms with Crippen molar-refractivity contribution in [1.29, 1.82) is 0 Å². The Morgan fingerprint density at radius 1 is 0.917 bits per heavy atom. The highest BCUT2D eigenvalue weighted by molar-refractivity contribution is 7.98. The van der Waals surface area contributed by atoms with E-state index in [1.807, 2.05) is 44.2 Å².